The molecular formula is C22H23N5O3. The number of hydrogen-bond acceptors (Lipinski definition) is 5. The molecule has 154 valence electrons. The molecule has 4 rings (SSSR count). The van der Waals surface area contributed by atoms with Gasteiger partial charge in [-0.15, -0.1) is 0 Å². The van der Waals surface area contributed by atoms with Crippen molar-refractivity contribution in [3.8, 4) is 0 Å². The van der Waals surface area contributed by atoms with E-state index >= 15 is 0 Å². The van der Waals surface area contributed by atoms with E-state index in [0.717, 1.165) is 11.1 Å². The molecule has 0 aliphatic rings. The lowest BCUT2D eigenvalue weighted by Gasteiger charge is -2.11. The zero-order valence-electron chi connectivity index (χ0n) is 17.5. The number of fused-ring (bicyclic) bond motifs is 2. The SMILES string of the molecule is Cc1c(C(=O)NNC(=O)c2cc(C(C)C)nc3c2c(C)nn3C)oc2ccccc12. The highest BCUT2D eigenvalue weighted by atomic mass is 16.3. The van der Waals surface area contributed by atoms with Crippen LogP contribution in [-0.4, -0.2) is 26.6 Å². The molecule has 0 spiro atoms. The van der Waals surface area contributed by atoms with Crippen LogP contribution in [0.3, 0.4) is 0 Å². The molecule has 0 fully saturated rings. The Hall–Kier alpha value is -3.68. The Kier molecular flexibility index (Phi) is 4.77. The van der Waals surface area contributed by atoms with Crippen molar-refractivity contribution in [2.75, 3.05) is 0 Å². The van der Waals surface area contributed by atoms with Gasteiger partial charge in [-0.05, 0) is 31.9 Å². The molecule has 0 saturated carbocycles. The molecule has 0 saturated heterocycles. The van der Waals surface area contributed by atoms with Gasteiger partial charge in [-0.3, -0.25) is 25.1 Å². The lowest BCUT2D eigenvalue weighted by atomic mass is 10.0. The van der Waals surface area contributed by atoms with Gasteiger partial charge >= 0.3 is 5.91 Å². The summed E-state index contributed by atoms with van der Waals surface area (Å²) in [5.41, 5.74) is 8.80. The molecule has 30 heavy (non-hydrogen) atoms. The van der Waals surface area contributed by atoms with Crippen molar-refractivity contribution in [3.05, 3.63) is 58.6 Å². The first-order valence-corrected chi connectivity index (χ1v) is 9.71. The first-order valence-electron chi connectivity index (χ1n) is 9.71. The highest BCUT2D eigenvalue weighted by molar-refractivity contribution is 6.08. The number of nitrogens with zero attached hydrogens (tertiary/aromatic N) is 3. The normalized spacial score (nSPS) is 11.4. The van der Waals surface area contributed by atoms with Crippen molar-refractivity contribution in [1.82, 2.24) is 25.6 Å². The third-order valence-electron chi connectivity index (χ3n) is 5.16. The fourth-order valence-corrected chi connectivity index (χ4v) is 3.57. The van der Waals surface area contributed by atoms with E-state index in [-0.39, 0.29) is 11.7 Å². The zero-order valence-corrected chi connectivity index (χ0v) is 17.5. The molecule has 0 unspecified atom stereocenters. The molecule has 2 amide bonds. The third kappa shape index (κ3) is 3.20. The molecule has 1 aromatic carbocycles. The number of hydrazine groups is 1. The van der Waals surface area contributed by atoms with Crippen LogP contribution in [0, 0.1) is 13.8 Å². The number of pyridine rings is 1. The van der Waals surface area contributed by atoms with Crippen LogP contribution in [0.2, 0.25) is 0 Å². The van der Waals surface area contributed by atoms with Gasteiger partial charge < -0.3 is 4.42 Å². The third-order valence-corrected chi connectivity index (χ3v) is 5.16. The maximum atomic E-state index is 13.0. The van der Waals surface area contributed by atoms with E-state index in [1.54, 1.807) is 23.9 Å². The molecule has 8 heteroatoms. The number of furan rings is 1. The van der Waals surface area contributed by atoms with Crippen molar-refractivity contribution in [2.45, 2.75) is 33.6 Å². The van der Waals surface area contributed by atoms with Gasteiger partial charge in [-0.25, -0.2) is 4.98 Å². The average molecular weight is 405 g/mol. The summed E-state index contributed by atoms with van der Waals surface area (Å²) >= 11 is 0. The Morgan fingerprint density at radius 3 is 2.50 bits per heavy atom. The first-order chi connectivity index (χ1) is 14.3. The molecule has 0 aliphatic heterocycles. The van der Waals surface area contributed by atoms with Crippen molar-refractivity contribution < 1.29 is 14.0 Å². The van der Waals surface area contributed by atoms with Gasteiger partial charge in [0.25, 0.3) is 5.91 Å². The van der Waals surface area contributed by atoms with Crippen LogP contribution in [0.15, 0.2) is 34.7 Å². The molecule has 0 atom stereocenters. The van der Waals surface area contributed by atoms with Gasteiger partial charge in [0.1, 0.15) is 5.58 Å². The number of para-hydroxylation sites is 1. The summed E-state index contributed by atoms with van der Waals surface area (Å²) < 4.78 is 7.31. The lowest BCUT2D eigenvalue weighted by molar-refractivity contribution is 0.0832. The fourth-order valence-electron chi connectivity index (χ4n) is 3.57. The number of rotatable bonds is 3. The number of amides is 2. The van der Waals surface area contributed by atoms with Crippen molar-refractivity contribution in [1.29, 1.82) is 0 Å². The summed E-state index contributed by atoms with van der Waals surface area (Å²) in [7, 11) is 1.79. The second-order valence-corrected chi connectivity index (χ2v) is 7.62. The van der Waals surface area contributed by atoms with Gasteiger partial charge in [0.2, 0.25) is 0 Å². The molecule has 0 radical (unpaired) electrons. The fraction of sp³-hybridized carbons (Fsp3) is 0.273. The molecule has 4 aromatic rings. The molecule has 8 nitrogen and oxygen atoms in total. The predicted molar refractivity (Wildman–Crippen MR) is 113 cm³/mol. The maximum absolute atomic E-state index is 13.0. The number of aromatic nitrogens is 3. The van der Waals surface area contributed by atoms with Crippen LogP contribution in [-0.2, 0) is 7.05 Å². The van der Waals surface area contributed by atoms with Crippen LogP contribution >= 0.6 is 0 Å². The molecule has 0 aliphatic carbocycles. The van der Waals surface area contributed by atoms with Gasteiger partial charge in [-0.2, -0.15) is 5.10 Å². The standard InChI is InChI=1S/C22H23N5O3/c1-11(2)16-10-15(18-13(4)26-27(5)20(18)23-16)21(28)24-25-22(29)19-12(3)14-8-6-7-9-17(14)30-19/h6-11H,1-5H3,(H,24,28)(H,25,29). The summed E-state index contributed by atoms with van der Waals surface area (Å²) in [6.07, 6.45) is 0. The van der Waals surface area contributed by atoms with E-state index in [4.69, 9.17) is 4.42 Å². The van der Waals surface area contributed by atoms with Crippen molar-refractivity contribution in [3.63, 3.8) is 0 Å². The van der Waals surface area contributed by atoms with E-state index in [9.17, 15) is 9.59 Å². The van der Waals surface area contributed by atoms with Gasteiger partial charge in [0.05, 0.1) is 16.6 Å². The van der Waals surface area contributed by atoms with Crippen LogP contribution in [0.1, 0.15) is 57.6 Å². The van der Waals surface area contributed by atoms with E-state index in [1.165, 1.54) is 0 Å². The summed E-state index contributed by atoms with van der Waals surface area (Å²) in [6.45, 7) is 7.64. The van der Waals surface area contributed by atoms with Crippen molar-refractivity contribution in [2.24, 2.45) is 7.05 Å². The molecule has 3 aromatic heterocycles. The minimum absolute atomic E-state index is 0.129. The van der Waals surface area contributed by atoms with E-state index in [2.05, 4.69) is 20.9 Å². The molecule has 2 N–H and O–H groups in total. The van der Waals surface area contributed by atoms with Crippen LogP contribution < -0.4 is 10.9 Å². The second kappa shape index (κ2) is 7.29. The highest BCUT2D eigenvalue weighted by Gasteiger charge is 2.22. The van der Waals surface area contributed by atoms with Crippen molar-refractivity contribution >= 4 is 33.8 Å². The van der Waals surface area contributed by atoms with Crippen LogP contribution in [0.4, 0.5) is 0 Å². The average Bonchev–Trinajstić information content (AvgIpc) is 3.22. The Labute approximate surface area is 173 Å². The summed E-state index contributed by atoms with van der Waals surface area (Å²) in [5, 5.41) is 5.90. The number of hydrogen-bond donors (Lipinski definition) is 2. The second-order valence-electron chi connectivity index (χ2n) is 7.62. The zero-order chi connectivity index (χ0) is 21.6. The van der Waals surface area contributed by atoms with E-state index in [1.807, 2.05) is 45.9 Å². The number of carbonyl (C=O) groups is 2. The smallest absolute Gasteiger partial charge is 0.305 e. The molecule has 0 bridgehead atoms. The summed E-state index contributed by atoms with van der Waals surface area (Å²) in [4.78, 5) is 30.2. The predicted octanol–water partition coefficient (Wildman–Crippen LogP) is 3.53. The monoisotopic (exact) mass is 405 g/mol. The number of aryl methyl sites for hydroxylation is 3. The Morgan fingerprint density at radius 1 is 1.10 bits per heavy atom. The number of nitrogens with one attached hydrogen (secondary N) is 2. The van der Waals surface area contributed by atoms with E-state index < -0.39 is 11.8 Å². The Morgan fingerprint density at radius 2 is 1.80 bits per heavy atom. The molecule has 3 heterocycles. The Bertz CT molecular complexity index is 1300. The highest BCUT2D eigenvalue weighted by Crippen LogP contribution is 2.26. The van der Waals surface area contributed by atoms with Crippen LogP contribution in [0.25, 0.3) is 22.0 Å². The van der Waals surface area contributed by atoms with Gasteiger partial charge in [0, 0.05) is 23.7 Å². The van der Waals surface area contributed by atoms with Gasteiger partial charge in [-0.1, -0.05) is 32.0 Å². The summed E-state index contributed by atoms with van der Waals surface area (Å²) in [5.74, 6) is -0.669. The minimum atomic E-state index is -0.519. The quantitative estimate of drug-likeness (QED) is 0.508. The summed E-state index contributed by atoms with van der Waals surface area (Å²) in [6, 6.07) is 9.15. The van der Waals surface area contributed by atoms with Crippen LogP contribution in [0.5, 0.6) is 0 Å². The van der Waals surface area contributed by atoms with E-state index in [0.29, 0.717) is 33.4 Å². The maximum Gasteiger partial charge on any atom is 0.305 e. The molecular weight excluding hydrogens is 382 g/mol. The minimum Gasteiger partial charge on any atom is -0.451 e. The van der Waals surface area contributed by atoms with Gasteiger partial charge in [0.15, 0.2) is 11.4 Å². The number of carbonyl (C=O) groups excluding carboxylic acids is 2. The lowest BCUT2D eigenvalue weighted by Crippen LogP contribution is -2.41. The topological polar surface area (TPSA) is 102 Å². The Balaban J connectivity index is 1.63. The number of benzene rings is 1. The first kappa shape index (κ1) is 19.6. The largest absolute Gasteiger partial charge is 0.451 e.